The molecule has 0 aromatic heterocycles. The molecule has 2 atom stereocenters. The van der Waals surface area contributed by atoms with Gasteiger partial charge in [0.25, 0.3) is 0 Å². The van der Waals surface area contributed by atoms with Crippen LogP contribution in [-0.2, 0) is 4.79 Å². The number of allylic oxidation sites excluding steroid dienone is 1. The lowest BCUT2D eigenvalue weighted by atomic mass is 9.90. The van der Waals surface area contributed by atoms with Gasteiger partial charge in [0.15, 0.2) is 0 Å². The number of carboxylic acids is 1. The van der Waals surface area contributed by atoms with Gasteiger partial charge < -0.3 is 10.4 Å². The second kappa shape index (κ2) is 4.26. The molecule has 0 bridgehead atoms. The zero-order valence-electron chi connectivity index (χ0n) is 7.29. The summed E-state index contributed by atoms with van der Waals surface area (Å²) in [5.74, 6) is -0.930. The molecular formula is C9H15NO2. The van der Waals surface area contributed by atoms with Gasteiger partial charge in [-0.3, -0.25) is 4.79 Å². The van der Waals surface area contributed by atoms with Crippen LogP contribution in [0.15, 0.2) is 12.2 Å². The van der Waals surface area contributed by atoms with Gasteiger partial charge in [0, 0.05) is 6.04 Å². The molecule has 0 amide bonds. The van der Waals surface area contributed by atoms with Gasteiger partial charge in [-0.1, -0.05) is 19.1 Å². The Hall–Kier alpha value is -0.830. The van der Waals surface area contributed by atoms with E-state index in [1.807, 2.05) is 19.1 Å². The minimum atomic E-state index is -0.690. The standard InChI is InChI=1S/C9H15NO2/c1-2-10-8-6-4-3-5-7(8)9(11)12/h4,6-8,10H,2-3,5H2,1H3,(H,11,12)/t7-,8+/m1/s1. The normalized spacial score (nSPS) is 28.8. The van der Waals surface area contributed by atoms with Gasteiger partial charge >= 0.3 is 5.97 Å². The van der Waals surface area contributed by atoms with Crippen LogP contribution in [0.1, 0.15) is 19.8 Å². The lowest BCUT2D eigenvalue weighted by molar-refractivity contribution is -0.142. The van der Waals surface area contributed by atoms with Crippen molar-refractivity contribution in [2.24, 2.45) is 5.92 Å². The van der Waals surface area contributed by atoms with Gasteiger partial charge in [0.2, 0.25) is 0 Å². The monoisotopic (exact) mass is 169 g/mol. The van der Waals surface area contributed by atoms with Crippen molar-refractivity contribution in [3.05, 3.63) is 12.2 Å². The summed E-state index contributed by atoms with van der Waals surface area (Å²) in [6.07, 6.45) is 5.65. The topological polar surface area (TPSA) is 49.3 Å². The molecule has 0 spiro atoms. The third-order valence-corrected chi connectivity index (χ3v) is 2.18. The third kappa shape index (κ3) is 2.08. The first-order chi connectivity index (χ1) is 5.75. The summed E-state index contributed by atoms with van der Waals surface area (Å²) in [4.78, 5) is 10.8. The SMILES string of the molecule is CCN[C@H]1C=CCC[C@H]1C(=O)O. The maximum atomic E-state index is 10.8. The summed E-state index contributed by atoms with van der Waals surface area (Å²) in [5.41, 5.74) is 0. The first-order valence-corrected chi connectivity index (χ1v) is 4.38. The molecule has 0 radical (unpaired) electrons. The fourth-order valence-electron chi connectivity index (χ4n) is 1.56. The molecule has 0 aliphatic heterocycles. The van der Waals surface area contributed by atoms with E-state index in [1.54, 1.807) is 0 Å². The lowest BCUT2D eigenvalue weighted by Crippen LogP contribution is -2.39. The third-order valence-electron chi connectivity index (χ3n) is 2.18. The highest BCUT2D eigenvalue weighted by Gasteiger charge is 2.26. The van der Waals surface area contributed by atoms with Crippen LogP contribution in [0.5, 0.6) is 0 Å². The molecule has 0 fully saturated rings. The molecular weight excluding hydrogens is 154 g/mol. The largest absolute Gasteiger partial charge is 0.481 e. The molecule has 0 unspecified atom stereocenters. The number of likely N-dealkylation sites (N-methyl/N-ethyl adjacent to an activating group) is 1. The number of hydrogen-bond acceptors (Lipinski definition) is 2. The average Bonchev–Trinajstić information content (AvgIpc) is 2.05. The van der Waals surface area contributed by atoms with Crippen LogP contribution in [0, 0.1) is 5.92 Å². The van der Waals surface area contributed by atoms with Crippen molar-refractivity contribution in [1.82, 2.24) is 5.32 Å². The van der Waals surface area contributed by atoms with Gasteiger partial charge in [0.1, 0.15) is 0 Å². The molecule has 0 saturated carbocycles. The van der Waals surface area contributed by atoms with Crippen LogP contribution >= 0.6 is 0 Å². The van der Waals surface area contributed by atoms with Gasteiger partial charge in [-0.15, -0.1) is 0 Å². The zero-order valence-corrected chi connectivity index (χ0v) is 7.29. The lowest BCUT2D eigenvalue weighted by Gasteiger charge is -2.24. The molecule has 0 saturated heterocycles. The maximum Gasteiger partial charge on any atom is 0.308 e. The fourth-order valence-corrected chi connectivity index (χ4v) is 1.56. The Kier molecular flexibility index (Phi) is 3.29. The Labute approximate surface area is 72.5 Å². The van der Waals surface area contributed by atoms with Crippen molar-refractivity contribution < 1.29 is 9.90 Å². The predicted molar refractivity (Wildman–Crippen MR) is 47.0 cm³/mol. The summed E-state index contributed by atoms with van der Waals surface area (Å²) in [7, 11) is 0. The van der Waals surface area contributed by atoms with Crippen molar-refractivity contribution in [3.8, 4) is 0 Å². The average molecular weight is 169 g/mol. The number of carbonyl (C=O) groups is 1. The van der Waals surface area contributed by atoms with Crippen LogP contribution in [0.25, 0.3) is 0 Å². The Bertz CT molecular complexity index is 189. The predicted octanol–water partition coefficient (Wildman–Crippen LogP) is 1.02. The van der Waals surface area contributed by atoms with Crippen LogP contribution in [0.2, 0.25) is 0 Å². The van der Waals surface area contributed by atoms with Gasteiger partial charge in [-0.05, 0) is 19.4 Å². The van der Waals surface area contributed by atoms with E-state index in [2.05, 4.69) is 5.32 Å². The summed E-state index contributed by atoms with van der Waals surface area (Å²) >= 11 is 0. The van der Waals surface area contributed by atoms with E-state index in [4.69, 9.17) is 5.11 Å². The summed E-state index contributed by atoms with van der Waals surface area (Å²) in [5, 5.41) is 12.0. The first kappa shape index (κ1) is 9.26. The van der Waals surface area contributed by atoms with Crippen molar-refractivity contribution in [3.63, 3.8) is 0 Å². The molecule has 1 aliphatic carbocycles. The van der Waals surface area contributed by atoms with E-state index in [-0.39, 0.29) is 12.0 Å². The Morgan fingerprint density at radius 1 is 1.75 bits per heavy atom. The second-order valence-electron chi connectivity index (χ2n) is 3.03. The Morgan fingerprint density at radius 3 is 3.08 bits per heavy atom. The van der Waals surface area contributed by atoms with Crippen LogP contribution in [-0.4, -0.2) is 23.7 Å². The molecule has 3 nitrogen and oxygen atoms in total. The molecule has 3 heteroatoms. The maximum absolute atomic E-state index is 10.8. The fraction of sp³-hybridized carbons (Fsp3) is 0.667. The summed E-state index contributed by atoms with van der Waals surface area (Å²) < 4.78 is 0. The minimum Gasteiger partial charge on any atom is -0.481 e. The van der Waals surface area contributed by atoms with Gasteiger partial charge in [-0.2, -0.15) is 0 Å². The van der Waals surface area contributed by atoms with E-state index in [9.17, 15) is 4.79 Å². The minimum absolute atomic E-state index is 0.0289. The van der Waals surface area contributed by atoms with E-state index < -0.39 is 5.97 Å². The van der Waals surface area contributed by atoms with E-state index >= 15 is 0 Å². The van der Waals surface area contributed by atoms with Crippen molar-refractivity contribution in [1.29, 1.82) is 0 Å². The Morgan fingerprint density at radius 2 is 2.50 bits per heavy atom. The molecule has 1 aliphatic rings. The molecule has 0 aromatic rings. The van der Waals surface area contributed by atoms with Gasteiger partial charge in [0.05, 0.1) is 5.92 Å². The van der Waals surface area contributed by atoms with E-state index in [0.29, 0.717) is 0 Å². The number of rotatable bonds is 3. The quantitative estimate of drug-likeness (QED) is 0.620. The number of aliphatic carboxylic acids is 1. The number of hydrogen-bond donors (Lipinski definition) is 2. The van der Waals surface area contributed by atoms with Crippen molar-refractivity contribution >= 4 is 5.97 Å². The zero-order chi connectivity index (χ0) is 8.97. The Balaban J connectivity index is 2.58. The smallest absolute Gasteiger partial charge is 0.308 e. The highest BCUT2D eigenvalue weighted by molar-refractivity contribution is 5.71. The first-order valence-electron chi connectivity index (χ1n) is 4.38. The molecule has 68 valence electrons. The van der Waals surface area contributed by atoms with E-state index in [0.717, 1.165) is 19.4 Å². The van der Waals surface area contributed by atoms with E-state index in [1.165, 1.54) is 0 Å². The molecule has 0 heterocycles. The molecule has 0 aromatic carbocycles. The number of carboxylic acid groups (broad SMARTS) is 1. The highest BCUT2D eigenvalue weighted by atomic mass is 16.4. The van der Waals surface area contributed by atoms with Crippen LogP contribution in [0.4, 0.5) is 0 Å². The summed E-state index contributed by atoms with van der Waals surface area (Å²) in [6, 6.07) is 0.0289. The molecule has 12 heavy (non-hydrogen) atoms. The second-order valence-corrected chi connectivity index (χ2v) is 3.03. The molecule has 1 rings (SSSR count). The molecule has 2 N–H and O–H groups in total. The summed E-state index contributed by atoms with van der Waals surface area (Å²) in [6.45, 7) is 2.81. The van der Waals surface area contributed by atoms with Crippen molar-refractivity contribution in [2.45, 2.75) is 25.8 Å². The number of nitrogens with one attached hydrogen (secondary N) is 1. The van der Waals surface area contributed by atoms with Crippen molar-refractivity contribution in [2.75, 3.05) is 6.54 Å². The van der Waals surface area contributed by atoms with Crippen LogP contribution in [0.3, 0.4) is 0 Å². The van der Waals surface area contributed by atoms with Crippen LogP contribution < -0.4 is 5.32 Å². The highest BCUT2D eigenvalue weighted by Crippen LogP contribution is 2.18. The van der Waals surface area contributed by atoms with Gasteiger partial charge in [-0.25, -0.2) is 0 Å².